The summed E-state index contributed by atoms with van der Waals surface area (Å²) >= 11 is 1.38. The number of anilines is 1. The first-order valence-electron chi connectivity index (χ1n) is 9.13. The minimum absolute atomic E-state index is 0.00509. The number of carbonyl (C=O) groups excluding carboxylic acids is 3. The lowest BCUT2D eigenvalue weighted by molar-refractivity contribution is -0.132. The van der Waals surface area contributed by atoms with Crippen LogP contribution in [0, 0.1) is 0 Å². The van der Waals surface area contributed by atoms with Gasteiger partial charge in [-0.25, -0.2) is 0 Å². The molecular weight excluding hydrogens is 378 g/mol. The van der Waals surface area contributed by atoms with Crippen molar-refractivity contribution in [2.45, 2.75) is 18.9 Å². The SMILES string of the molecule is COc1ccc(N2CN(C(=O)CN(C(=O)c3cccs3)C3CC3)CC2=O)cc1. The minimum atomic E-state index is -0.207. The normalized spacial score (nSPS) is 16.4. The standard InChI is InChI=1S/C20H21N3O4S/c1-27-16-8-6-15(7-9-16)23-13-21(11-19(23)25)18(24)12-22(14-4-5-14)20(26)17-3-2-10-28-17/h2-3,6-10,14H,4-5,11-13H2,1H3. The Labute approximate surface area is 167 Å². The maximum atomic E-state index is 12.8. The van der Waals surface area contributed by atoms with Crippen molar-refractivity contribution < 1.29 is 19.1 Å². The van der Waals surface area contributed by atoms with Gasteiger partial charge in [-0.15, -0.1) is 11.3 Å². The summed E-state index contributed by atoms with van der Waals surface area (Å²) in [6.45, 7) is 0.220. The highest BCUT2D eigenvalue weighted by molar-refractivity contribution is 7.12. The summed E-state index contributed by atoms with van der Waals surface area (Å²) in [5.41, 5.74) is 0.717. The van der Waals surface area contributed by atoms with Gasteiger partial charge in [-0.2, -0.15) is 0 Å². The van der Waals surface area contributed by atoms with Crippen LogP contribution in [0.4, 0.5) is 5.69 Å². The molecule has 1 saturated heterocycles. The van der Waals surface area contributed by atoms with Crippen LogP contribution in [0.25, 0.3) is 0 Å². The van der Waals surface area contributed by atoms with Crippen LogP contribution in [0.2, 0.25) is 0 Å². The second kappa shape index (κ2) is 7.63. The van der Waals surface area contributed by atoms with Gasteiger partial charge in [0.05, 0.1) is 12.0 Å². The van der Waals surface area contributed by atoms with E-state index in [4.69, 9.17) is 4.74 Å². The van der Waals surface area contributed by atoms with Gasteiger partial charge in [-0.1, -0.05) is 6.07 Å². The van der Waals surface area contributed by atoms with Gasteiger partial charge in [-0.05, 0) is 48.6 Å². The van der Waals surface area contributed by atoms with E-state index in [-0.39, 0.29) is 43.5 Å². The number of methoxy groups -OCH3 is 1. The largest absolute Gasteiger partial charge is 0.497 e. The molecule has 3 amide bonds. The molecule has 8 heteroatoms. The van der Waals surface area contributed by atoms with E-state index < -0.39 is 0 Å². The molecule has 28 heavy (non-hydrogen) atoms. The average Bonchev–Trinajstić information content (AvgIpc) is 3.24. The van der Waals surface area contributed by atoms with Gasteiger partial charge < -0.3 is 14.5 Å². The molecule has 0 unspecified atom stereocenters. The molecule has 1 saturated carbocycles. The van der Waals surface area contributed by atoms with Crippen molar-refractivity contribution in [2.75, 3.05) is 31.8 Å². The maximum absolute atomic E-state index is 12.8. The van der Waals surface area contributed by atoms with Crippen LogP contribution in [0.15, 0.2) is 41.8 Å². The Morgan fingerprint density at radius 3 is 2.57 bits per heavy atom. The highest BCUT2D eigenvalue weighted by Crippen LogP contribution is 2.29. The highest BCUT2D eigenvalue weighted by Gasteiger charge is 2.38. The van der Waals surface area contributed by atoms with E-state index in [1.54, 1.807) is 47.2 Å². The molecule has 0 atom stereocenters. The zero-order valence-corrected chi connectivity index (χ0v) is 16.4. The second-order valence-corrected chi connectivity index (χ2v) is 7.84. The van der Waals surface area contributed by atoms with Gasteiger partial charge in [0.2, 0.25) is 11.8 Å². The molecule has 146 valence electrons. The number of carbonyl (C=O) groups is 3. The number of benzene rings is 1. The van der Waals surface area contributed by atoms with E-state index in [1.165, 1.54) is 16.2 Å². The summed E-state index contributed by atoms with van der Waals surface area (Å²) < 4.78 is 5.14. The van der Waals surface area contributed by atoms with Crippen LogP contribution in [-0.2, 0) is 9.59 Å². The zero-order valence-electron chi connectivity index (χ0n) is 15.5. The lowest BCUT2D eigenvalue weighted by atomic mass is 10.3. The Hall–Kier alpha value is -2.87. The molecular formula is C20H21N3O4S. The lowest BCUT2D eigenvalue weighted by Crippen LogP contribution is -2.43. The Bertz CT molecular complexity index is 877. The van der Waals surface area contributed by atoms with Crippen molar-refractivity contribution in [2.24, 2.45) is 0 Å². The molecule has 0 bridgehead atoms. The Morgan fingerprint density at radius 1 is 1.21 bits per heavy atom. The van der Waals surface area contributed by atoms with Crippen molar-refractivity contribution in [3.8, 4) is 5.75 Å². The molecule has 2 fully saturated rings. The number of amides is 3. The molecule has 1 aliphatic heterocycles. The predicted octanol–water partition coefficient (Wildman–Crippen LogP) is 2.19. The monoisotopic (exact) mass is 399 g/mol. The van der Waals surface area contributed by atoms with Gasteiger partial charge in [0.15, 0.2) is 0 Å². The number of hydrogen-bond acceptors (Lipinski definition) is 5. The van der Waals surface area contributed by atoms with E-state index in [1.807, 2.05) is 11.4 Å². The summed E-state index contributed by atoms with van der Waals surface area (Å²) in [4.78, 5) is 43.3. The molecule has 2 aliphatic rings. The second-order valence-electron chi connectivity index (χ2n) is 6.89. The van der Waals surface area contributed by atoms with Gasteiger partial charge in [0.1, 0.15) is 25.5 Å². The highest BCUT2D eigenvalue weighted by atomic mass is 32.1. The van der Waals surface area contributed by atoms with Crippen molar-refractivity contribution in [3.05, 3.63) is 46.7 Å². The first-order valence-corrected chi connectivity index (χ1v) is 10.0. The first-order chi connectivity index (χ1) is 13.6. The number of ether oxygens (including phenoxy) is 1. The molecule has 0 N–H and O–H groups in total. The van der Waals surface area contributed by atoms with Crippen LogP contribution in [0.1, 0.15) is 22.5 Å². The Morgan fingerprint density at radius 2 is 1.96 bits per heavy atom. The third-order valence-corrected chi connectivity index (χ3v) is 5.82. The Kier molecular flexibility index (Phi) is 5.04. The van der Waals surface area contributed by atoms with E-state index in [0.29, 0.717) is 10.6 Å². The molecule has 7 nitrogen and oxygen atoms in total. The fourth-order valence-electron chi connectivity index (χ4n) is 3.24. The molecule has 1 aromatic heterocycles. The fourth-order valence-corrected chi connectivity index (χ4v) is 3.92. The number of rotatable bonds is 6. The molecule has 4 rings (SSSR count). The summed E-state index contributed by atoms with van der Waals surface area (Å²) in [5.74, 6) is 0.251. The molecule has 2 heterocycles. The smallest absolute Gasteiger partial charge is 0.264 e. The van der Waals surface area contributed by atoms with E-state index in [2.05, 4.69) is 0 Å². The molecule has 1 aliphatic carbocycles. The summed E-state index contributed by atoms with van der Waals surface area (Å²) in [5, 5.41) is 1.85. The van der Waals surface area contributed by atoms with Gasteiger partial charge >= 0.3 is 0 Å². The van der Waals surface area contributed by atoms with E-state index >= 15 is 0 Å². The maximum Gasteiger partial charge on any atom is 0.264 e. The van der Waals surface area contributed by atoms with Crippen molar-refractivity contribution >= 4 is 34.7 Å². The molecule has 0 radical (unpaired) electrons. The number of thiophene rings is 1. The van der Waals surface area contributed by atoms with Crippen molar-refractivity contribution in [3.63, 3.8) is 0 Å². The molecule has 0 spiro atoms. The molecule has 2 aromatic rings. The van der Waals surface area contributed by atoms with Crippen LogP contribution in [0.5, 0.6) is 5.75 Å². The number of hydrogen-bond donors (Lipinski definition) is 0. The van der Waals surface area contributed by atoms with Gasteiger partial charge in [-0.3, -0.25) is 19.3 Å². The number of nitrogens with zero attached hydrogens (tertiary/aromatic N) is 3. The average molecular weight is 399 g/mol. The van der Waals surface area contributed by atoms with Gasteiger partial charge in [0, 0.05) is 11.7 Å². The van der Waals surface area contributed by atoms with Gasteiger partial charge in [0.25, 0.3) is 5.91 Å². The van der Waals surface area contributed by atoms with Crippen molar-refractivity contribution in [1.82, 2.24) is 9.80 Å². The van der Waals surface area contributed by atoms with E-state index in [0.717, 1.165) is 18.5 Å². The Balaban J connectivity index is 1.43. The summed E-state index contributed by atoms with van der Waals surface area (Å²) in [6, 6.07) is 10.9. The van der Waals surface area contributed by atoms with Crippen LogP contribution in [0.3, 0.4) is 0 Å². The van der Waals surface area contributed by atoms with Crippen LogP contribution >= 0.6 is 11.3 Å². The van der Waals surface area contributed by atoms with E-state index in [9.17, 15) is 14.4 Å². The zero-order chi connectivity index (χ0) is 19.7. The van der Waals surface area contributed by atoms with Crippen LogP contribution in [-0.4, -0.2) is 60.4 Å². The predicted molar refractivity (Wildman–Crippen MR) is 105 cm³/mol. The minimum Gasteiger partial charge on any atom is -0.497 e. The van der Waals surface area contributed by atoms with Crippen molar-refractivity contribution in [1.29, 1.82) is 0 Å². The summed E-state index contributed by atoms with van der Waals surface area (Å²) in [7, 11) is 1.58. The lowest BCUT2D eigenvalue weighted by Gasteiger charge is -2.24. The topological polar surface area (TPSA) is 70.2 Å². The first kappa shape index (κ1) is 18.5. The van der Waals surface area contributed by atoms with Crippen LogP contribution < -0.4 is 9.64 Å². The third-order valence-electron chi connectivity index (χ3n) is 4.96. The summed E-state index contributed by atoms with van der Waals surface area (Å²) in [6.07, 6.45) is 1.84. The molecule has 1 aromatic carbocycles. The third kappa shape index (κ3) is 3.73. The fraction of sp³-hybridized carbons (Fsp3) is 0.350. The quantitative estimate of drug-likeness (QED) is 0.747.